The van der Waals surface area contributed by atoms with Gasteiger partial charge in [0, 0.05) is 81.0 Å². The van der Waals surface area contributed by atoms with E-state index in [-0.39, 0.29) is 11.5 Å². The van der Waals surface area contributed by atoms with Crippen LogP contribution in [0.1, 0.15) is 111 Å². The normalized spacial score (nSPS) is 14.3. The van der Waals surface area contributed by atoms with E-state index in [1.807, 2.05) is 55.3 Å². The number of carbonyl (C=O) groups is 2. The van der Waals surface area contributed by atoms with Gasteiger partial charge in [-0.2, -0.15) is 10.2 Å². The van der Waals surface area contributed by atoms with Gasteiger partial charge in [0.25, 0.3) is 0 Å². The summed E-state index contributed by atoms with van der Waals surface area (Å²) in [6, 6.07) is 17.3. The van der Waals surface area contributed by atoms with Crippen LogP contribution in [0, 0.1) is 39.3 Å². The fraction of sp³-hybridized carbons (Fsp3) is 0.355. The lowest BCUT2D eigenvalue weighted by atomic mass is 9.91. The van der Waals surface area contributed by atoms with E-state index in [2.05, 4.69) is 0 Å². The van der Waals surface area contributed by atoms with E-state index in [0.717, 1.165) is 51.6 Å². The molecule has 0 saturated carbocycles. The van der Waals surface area contributed by atoms with Crippen LogP contribution < -0.4 is 9.47 Å². The Morgan fingerprint density at radius 2 is 1.02 bits per heavy atom. The zero-order chi connectivity index (χ0) is 60.2. The van der Waals surface area contributed by atoms with Crippen molar-refractivity contribution in [3.8, 4) is 57.1 Å². The van der Waals surface area contributed by atoms with E-state index in [0.29, 0.717) is 121 Å². The third-order valence-corrected chi connectivity index (χ3v) is 15.6. The highest BCUT2D eigenvalue weighted by Crippen LogP contribution is 2.45. The maximum absolute atomic E-state index is 15.6. The van der Waals surface area contributed by atoms with Crippen LogP contribution in [0.25, 0.3) is 78.9 Å². The van der Waals surface area contributed by atoms with Crippen molar-refractivity contribution in [2.75, 3.05) is 13.2 Å². The number of aromatic nitrogens is 10. The van der Waals surface area contributed by atoms with Crippen LogP contribution >= 0.6 is 23.2 Å². The highest BCUT2D eigenvalue weighted by atomic mass is 35.5. The number of halogens is 4. The van der Waals surface area contributed by atoms with E-state index >= 15 is 8.78 Å². The lowest BCUT2D eigenvalue weighted by molar-refractivity contribution is -0.161. The summed E-state index contributed by atoms with van der Waals surface area (Å²) >= 11 is 12.5. The number of imidazole rings is 2. The van der Waals surface area contributed by atoms with Gasteiger partial charge in [0.1, 0.15) is 11.4 Å². The highest BCUT2D eigenvalue weighted by Gasteiger charge is 2.37. The molecule has 2 atom stereocenters. The molecule has 84 heavy (non-hydrogen) atoms. The molecule has 0 unspecified atom stereocenters. The summed E-state index contributed by atoms with van der Waals surface area (Å²) in [6.07, 6.45) is 0.00274. The Bertz CT molecular complexity index is 4170. The van der Waals surface area contributed by atoms with Gasteiger partial charge in [0.05, 0.1) is 57.9 Å². The maximum atomic E-state index is 15.6. The zero-order valence-electron chi connectivity index (χ0n) is 48.5. The number of fused-ring (bicyclic) bond motifs is 6. The van der Waals surface area contributed by atoms with Gasteiger partial charge in [-0.15, -0.1) is 0 Å². The van der Waals surface area contributed by atoms with Crippen LogP contribution in [0.5, 0.6) is 11.5 Å². The average Bonchev–Trinajstić information content (AvgIpc) is 1.47. The first-order chi connectivity index (χ1) is 39.7. The molecule has 6 aromatic heterocycles. The summed E-state index contributed by atoms with van der Waals surface area (Å²) in [4.78, 5) is 44.5. The Hall–Kier alpha value is -8.04. The monoisotopic (exact) mass is 1180 g/mol. The standard InChI is InChI=1S/2C31H31ClFN5O4/c1-15-18-8-7-11-41-27(18)20(33)13-19(15)26-25(28(30(39)40)42-31(3,4)5)16(2)34-24-14-22(36-38(24)26)29-35-21-12-17(32)9-10-23(21)37(29)6;1-15-18-8-7-11-41-27(18)20(33)13-19(15)26-25(28(30(39)40)42-31(3,4)5)16(2)34-24-14-22(36-38(24)26)29-35-21-10-9-17(32)12-23(21)37(29)6/h2*9-10,12-14,28H,7-8,11H2,1-6H3,(H,39,40)/t2*28-/m00/s1. The topological polar surface area (TPSA) is 208 Å². The van der Waals surface area contributed by atoms with E-state index in [4.69, 9.17) is 72.3 Å². The molecule has 0 amide bonds. The second kappa shape index (κ2) is 21.5. The smallest absolute Gasteiger partial charge is 0.337 e. The maximum Gasteiger partial charge on any atom is 0.337 e. The zero-order valence-corrected chi connectivity index (χ0v) is 50.0. The summed E-state index contributed by atoms with van der Waals surface area (Å²) in [7, 11) is 3.75. The van der Waals surface area contributed by atoms with Gasteiger partial charge >= 0.3 is 11.9 Å². The van der Waals surface area contributed by atoms with Gasteiger partial charge in [-0.25, -0.2) is 47.3 Å². The van der Waals surface area contributed by atoms with Crippen molar-refractivity contribution >= 4 is 68.5 Å². The quantitative estimate of drug-likeness (QED) is 0.131. The van der Waals surface area contributed by atoms with Gasteiger partial charge in [-0.1, -0.05) is 23.2 Å². The molecular formula is C62H62Cl2F2N10O8. The van der Waals surface area contributed by atoms with Gasteiger partial charge in [-0.3, -0.25) is 0 Å². The number of carboxylic acids is 2. The van der Waals surface area contributed by atoms with Crippen molar-refractivity contribution in [2.24, 2.45) is 14.1 Å². The van der Waals surface area contributed by atoms with E-state index in [1.54, 1.807) is 94.8 Å². The van der Waals surface area contributed by atoms with Crippen molar-refractivity contribution in [3.63, 3.8) is 0 Å². The van der Waals surface area contributed by atoms with Gasteiger partial charge in [-0.05, 0) is 155 Å². The Labute approximate surface area is 491 Å². The molecule has 0 saturated heterocycles. The predicted octanol–water partition coefficient (Wildman–Crippen LogP) is 13.3. The van der Waals surface area contributed by atoms with Crippen LogP contribution in [-0.4, -0.2) is 94.9 Å². The molecular weight excluding hydrogens is 1120 g/mol. The number of nitrogens with zero attached hydrogens (tertiary/aromatic N) is 10. The van der Waals surface area contributed by atoms with E-state index < -0.39 is 47.0 Å². The molecule has 18 nitrogen and oxygen atoms in total. The van der Waals surface area contributed by atoms with Crippen LogP contribution in [0.15, 0.2) is 60.7 Å². The Balaban J connectivity index is 0.000000175. The SMILES string of the molecule is Cc1nc2cc(-c3nc4cc(Cl)ccc4n3C)nn2c(-c2cc(F)c3c(c2C)CCCO3)c1[C@H](OC(C)(C)C)C(=O)O.Cc1nc2cc(-c3nc4ccc(Cl)cc4n3C)nn2c(-c2cc(F)c3c(c2C)CCCO3)c1[C@H](OC(C)(C)C)C(=O)O. The number of aliphatic carboxylic acids is 2. The summed E-state index contributed by atoms with van der Waals surface area (Å²) < 4.78 is 61.7. The van der Waals surface area contributed by atoms with Crippen molar-refractivity contribution in [2.45, 2.75) is 118 Å². The molecule has 2 N–H and O–H groups in total. The van der Waals surface area contributed by atoms with Gasteiger partial charge in [0.2, 0.25) is 0 Å². The molecule has 10 aromatic rings. The fourth-order valence-corrected chi connectivity index (χ4v) is 11.7. The molecule has 0 spiro atoms. The number of hydrogen-bond acceptors (Lipinski definition) is 12. The molecule has 2 aliphatic heterocycles. The van der Waals surface area contributed by atoms with Crippen LogP contribution in [0.4, 0.5) is 8.78 Å². The molecule has 4 aromatic carbocycles. The molecule has 0 aliphatic carbocycles. The predicted molar refractivity (Wildman–Crippen MR) is 315 cm³/mol. The van der Waals surface area contributed by atoms with Crippen LogP contribution in [0.2, 0.25) is 10.0 Å². The molecule has 2 aliphatic rings. The molecule has 0 radical (unpaired) electrons. The third-order valence-electron chi connectivity index (χ3n) is 15.1. The number of aryl methyl sites for hydroxylation is 4. The first kappa shape index (κ1) is 57.8. The number of rotatable bonds is 10. The lowest BCUT2D eigenvalue weighted by Gasteiger charge is -2.28. The van der Waals surface area contributed by atoms with Crippen molar-refractivity contribution in [1.82, 2.24) is 48.3 Å². The van der Waals surface area contributed by atoms with E-state index in [9.17, 15) is 19.8 Å². The first-order valence-corrected chi connectivity index (χ1v) is 28.2. The van der Waals surface area contributed by atoms with Crippen molar-refractivity contribution < 1.29 is 47.5 Å². The minimum Gasteiger partial charge on any atom is -0.490 e. The highest BCUT2D eigenvalue weighted by molar-refractivity contribution is 6.31. The van der Waals surface area contributed by atoms with Crippen LogP contribution in [-0.2, 0) is 46.0 Å². The number of carboxylic acid groups (broad SMARTS) is 2. The Morgan fingerprint density at radius 1 is 0.595 bits per heavy atom. The third kappa shape index (κ3) is 10.5. The average molecular weight is 1180 g/mol. The second-order valence-electron chi connectivity index (χ2n) is 23.3. The summed E-state index contributed by atoms with van der Waals surface area (Å²) in [5, 5.41) is 31.7. The molecule has 0 bridgehead atoms. The van der Waals surface area contributed by atoms with Crippen molar-refractivity contribution in [1.29, 1.82) is 0 Å². The molecule has 436 valence electrons. The van der Waals surface area contributed by atoms with Gasteiger partial charge < -0.3 is 38.3 Å². The molecule has 8 heterocycles. The number of benzene rings is 4. The fourth-order valence-electron chi connectivity index (χ4n) is 11.4. The van der Waals surface area contributed by atoms with Crippen molar-refractivity contribution in [3.05, 3.63) is 127 Å². The summed E-state index contributed by atoms with van der Waals surface area (Å²) in [5.41, 5.74) is 9.85. The first-order valence-electron chi connectivity index (χ1n) is 27.4. The Morgan fingerprint density at radius 3 is 1.48 bits per heavy atom. The molecule has 0 fully saturated rings. The largest absolute Gasteiger partial charge is 0.490 e. The summed E-state index contributed by atoms with van der Waals surface area (Å²) in [5.74, 6) is -1.76. The Kier molecular flexibility index (Phi) is 14.8. The second-order valence-corrected chi connectivity index (χ2v) is 24.1. The number of ether oxygens (including phenoxy) is 4. The lowest BCUT2D eigenvalue weighted by Crippen LogP contribution is -2.29. The molecule has 22 heteroatoms. The summed E-state index contributed by atoms with van der Waals surface area (Å²) in [6.45, 7) is 18.9. The number of hydrogen-bond donors (Lipinski definition) is 2. The minimum absolute atomic E-state index is 0.242. The van der Waals surface area contributed by atoms with E-state index in [1.165, 1.54) is 12.1 Å². The van der Waals surface area contributed by atoms with Gasteiger partial charge in [0.15, 0.2) is 58.3 Å². The van der Waals surface area contributed by atoms with Crippen LogP contribution in [0.3, 0.4) is 0 Å². The molecule has 12 rings (SSSR count). The minimum atomic E-state index is -1.39.